The molecule has 1 saturated carbocycles. The normalized spacial score (nSPS) is 13.7. The summed E-state index contributed by atoms with van der Waals surface area (Å²) in [6.07, 6.45) is 4.29. The predicted molar refractivity (Wildman–Crippen MR) is 133 cm³/mol. The summed E-state index contributed by atoms with van der Waals surface area (Å²) in [5.41, 5.74) is 5.30. The molecule has 1 aliphatic rings. The third kappa shape index (κ3) is 4.26. The molecule has 2 N–H and O–H groups in total. The summed E-state index contributed by atoms with van der Waals surface area (Å²) in [4.78, 5) is 16.5. The molecule has 7 heteroatoms. The van der Waals surface area contributed by atoms with Crippen LogP contribution >= 0.6 is 0 Å². The van der Waals surface area contributed by atoms with Gasteiger partial charge in [-0.2, -0.15) is 5.10 Å². The van der Waals surface area contributed by atoms with Crippen LogP contribution in [0.15, 0.2) is 60.7 Å². The molecular weight excluding hydrogens is 428 g/mol. The van der Waals surface area contributed by atoms with Crippen LogP contribution in [-0.4, -0.2) is 46.1 Å². The second-order valence-electron chi connectivity index (χ2n) is 8.67. The van der Waals surface area contributed by atoms with Crippen molar-refractivity contribution in [2.45, 2.75) is 31.6 Å². The van der Waals surface area contributed by atoms with Gasteiger partial charge in [-0.1, -0.05) is 36.8 Å². The third-order valence-corrected chi connectivity index (χ3v) is 6.43. The van der Waals surface area contributed by atoms with E-state index < -0.39 is 5.97 Å². The number of fused-ring (bicyclic) bond motifs is 1. The van der Waals surface area contributed by atoms with E-state index in [1.165, 1.54) is 6.42 Å². The summed E-state index contributed by atoms with van der Waals surface area (Å²) in [6, 6.07) is 19.6. The maximum Gasteiger partial charge on any atom is 0.354 e. The fraction of sp³-hybridized carbons (Fsp3) is 0.296. The van der Waals surface area contributed by atoms with E-state index in [4.69, 9.17) is 9.84 Å². The lowest BCUT2D eigenvalue weighted by atomic mass is 9.81. The summed E-state index contributed by atoms with van der Waals surface area (Å²) in [6.45, 7) is 1.54. The molecule has 4 aromatic rings. The average molecular weight is 457 g/mol. The van der Waals surface area contributed by atoms with Gasteiger partial charge in [-0.3, -0.25) is 0 Å². The van der Waals surface area contributed by atoms with Gasteiger partial charge in [0.25, 0.3) is 0 Å². The molecule has 2 heterocycles. The van der Waals surface area contributed by atoms with Crippen molar-refractivity contribution in [3.63, 3.8) is 0 Å². The number of carboxylic acids is 1. The molecule has 5 rings (SSSR count). The SMILES string of the molecule is COCCCNc1ccc(-c2cc(C(=O)O)nc3c2c(C2CCC2)nn3-c2ccccc2)cc1. The quantitative estimate of drug-likeness (QED) is 0.323. The molecule has 174 valence electrons. The number of hydrogen-bond acceptors (Lipinski definition) is 5. The van der Waals surface area contributed by atoms with E-state index in [0.29, 0.717) is 18.2 Å². The van der Waals surface area contributed by atoms with Gasteiger partial charge in [-0.25, -0.2) is 14.5 Å². The Morgan fingerprint density at radius 1 is 1.15 bits per heavy atom. The van der Waals surface area contributed by atoms with Crippen LogP contribution in [0.25, 0.3) is 27.8 Å². The summed E-state index contributed by atoms with van der Waals surface area (Å²) in [5, 5.41) is 19.1. The Bertz CT molecular complexity index is 1300. The molecule has 0 bridgehead atoms. The number of methoxy groups -OCH3 is 1. The van der Waals surface area contributed by atoms with Gasteiger partial charge in [-0.05, 0) is 60.7 Å². The van der Waals surface area contributed by atoms with Crippen LogP contribution in [0.2, 0.25) is 0 Å². The van der Waals surface area contributed by atoms with Gasteiger partial charge in [0.05, 0.1) is 16.8 Å². The Hall–Kier alpha value is -3.71. The molecule has 7 nitrogen and oxygen atoms in total. The summed E-state index contributed by atoms with van der Waals surface area (Å²) >= 11 is 0. The summed E-state index contributed by atoms with van der Waals surface area (Å²) in [7, 11) is 1.70. The van der Waals surface area contributed by atoms with Gasteiger partial charge in [0.15, 0.2) is 11.3 Å². The number of aromatic nitrogens is 3. The van der Waals surface area contributed by atoms with Crippen molar-refractivity contribution in [2.24, 2.45) is 0 Å². The molecule has 0 saturated heterocycles. The largest absolute Gasteiger partial charge is 0.477 e. The topological polar surface area (TPSA) is 89.3 Å². The molecule has 0 amide bonds. The molecule has 1 aliphatic carbocycles. The fourth-order valence-corrected chi connectivity index (χ4v) is 4.41. The zero-order chi connectivity index (χ0) is 23.5. The first-order chi connectivity index (χ1) is 16.7. The van der Waals surface area contributed by atoms with Crippen LogP contribution in [0.5, 0.6) is 0 Å². The van der Waals surface area contributed by atoms with E-state index in [1.54, 1.807) is 17.9 Å². The van der Waals surface area contributed by atoms with Gasteiger partial charge in [-0.15, -0.1) is 0 Å². The van der Waals surface area contributed by atoms with Crippen LogP contribution in [0.1, 0.15) is 47.8 Å². The highest BCUT2D eigenvalue weighted by Crippen LogP contribution is 2.42. The number of nitrogens with zero attached hydrogens (tertiary/aromatic N) is 3. The second-order valence-corrected chi connectivity index (χ2v) is 8.67. The average Bonchev–Trinajstić information content (AvgIpc) is 3.20. The third-order valence-electron chi connectivity index (χ3n) is 6.43. The smallest absolute Gasteiger partial charge is 0.354 e. The number of benzene rings is 2. The summed E-state index contributed by atoms with van der Waals surface area (Å²) in [5.74, 6) is -0.684. The van der Waals surface area contributed by atoms with E-state index in [0.717, 1.165) is 59.4 Å². The Morgan fingerprint density at radius 2 is 1.91 bits per heavy atom. The number of aromatic carboxylic acids is 1. The van der Waals surface area contributed by atoms with Gasteiger partial charge in [0.1, 0.15) is 0 Å². The molecule has 2 aromatic heterocycles. The predicted octanol–water partition coefficient (Wildman–Crippen LogP) is 5.50. The van der Waals surface area contributed by atoms with Crippen molar-refractivity contribution in [2.75, 3.05) is 25.6 Å². The lowest BCUT2D eigenvalue weighted by Crippen LogP contribution is -2.10. The first kappa shape index (κ1) is 22.1. The highest BCUT2D eigenvalue weighted by atomic mass is 16.5. The zero-order valence-corrected chi connectivity index (χ0v) is 19.2. The fourth-order valence-electron chi connectivity index (χ4n) is 4.41. The van der Waals surface area contributed by atoms with Gasteiger partial charge in [0, 0.05) is 31.9 Å². The maximum absolute atomic E-state index is 12.0. The van der Waals surface area contributed by atoms with Crippen molar-refractivity contribution in [3.05, 3.63) is 72.1 Å². The first-order valence-electron chi connectivity index (χ1n) is 11.7. The Kier molecular flexibility index (Phi) is 6.27. The lowest BCUT2D eigenvalue weighted by Gasteiger charge is -2.24. The molecule has 0 radical (unpaired) electrons. The molecule has 1 fully saturated rings. The number of carboxylic acid groups (broad SMARTS) is 1. The van der Waals surface area contributed by atoms with Crippen molar-refractivity contribution >= 4 is 22.7 Å². The first-order valence-corrected chi connectivity index (χ1v) is 11.7. The Balaban J connectivity index is 1.63. The van der Waals surface area contributed by atoms with Crippen LogP contribution in [0.4, 0.5) is 5.69 Å². The van der Waals surface area contributed by atoms with Crippen molar-refractivity contribution in [1.29, 1.82) is 0 Å². The minimum absolute atomic E-state index is 0.0153. The minimum Gasteiger partial charge on any atom is -0.477 e. The zero-order valence-electron chi connectivity index (χ0n) is 19.2. The van der Waals surface area contributed by atoms with Crippen LogP contribution in [0, 0.1) is 0 Å². The van der Waals surface area contributed by atoms with Crippen LogP contribution in [-0.2, 0) is 4.74 Å². The standard InChI is InChI=1S/C27H28N4O3/c1-34-16-6-15-28-20-13-11-18(12-14-20)22-17-23(27(32)33)29-26-24(22)25(19-7-5-8-19)30-31(26)21-9-3-2-4-10-21/h2-4,9-14,17,19,28H,5-8,15-16H2,1H3,(H,32,33). The van der Waals surface area contributed by atoms with Gasteiger partial charge < -0.3 is 15.2 Å². The van der Waals surface area contributed by atoms with Crippen LogP contribution in [0.3, 0.4) is 0 Å². The maximum atomic E-state index is 12.0. The highest BCUT2D eigenvalue weighted by Gasteiger charge is 2.29. The molecule has 2 aromatic carbocycles. The number of para-hydroxylation sites is 1. The molecule has 0 aliphatic heterocycles. The monoisotopic (exact) mass is 456 g/mol. The molecule has 0 spiro atoms. The van der Waals surface area contributed by atoms with E-state index in [9.17, 15) is 9.90 Å². The molecule has 0 atom stereocenters. The van der Waals surface area contributed by atoms with Crippen LogP contribution < -0.4 is 5.32 Å². The van der Waals surface area contributed by atoms with E-state index >= 15 is 0 Å². The van der Waals surface area contributed by atoms with E-state index in [1.807, 2.05) is 54.6 Å². The lowest BCUT2D eigenvalue weighted by molar-refractivity contribution is 0.0691. The summed E-state index contributed by atoms with van der Waals surface area (Å²) < 4.78 is 6.90. The van der Waals surface area contributed by atoms with Crippen molar-refractivity contribution in [3.8, 4) is 16.8 Å². The van der Waals surface area contributed by atoms with Crippen molar-refractivity contribution < 1.29 is 14.6 Å². The number of carbonyl (C=O) groups is 1. The second kappa shape index (κ2) is 9.65. The number of anilines is 1. The van der Waals surface area contributed by atoms with E-state index in [-0.39, 0.29) is 5.69 Å². The van der Waals surface area contributed by atoms with E-state index in [2.05, 4.69) is 10.3 Å². The minimum atomic E-state index is -1.05. The highest BCUT2D eigenvalue weighted by molar-refractivity contribution is 6.00. The Labute approximate surface area is 198 Å². The number of hydrogen-bond donors (Lipinski definition) is 2. The number of pyridine rings is 1. The van der Waals surface area contributed by atoms with Gasteiger partial charge >= 0.3 is 5.97 Å². The molecule has 34 heavy (non-hydrogen) atoms. The van der Waals surface area contributed by atoms with Gasteiger partial charge in [0.2, 0.25) is 0 Å². The Morgan fingerprint density at radius 3 is 2.56 bits per heavy atom. The number of ether oxygens (including phenoxy) is 1. The number of nitrogens with one attached hydrogen (secondary N) is 1. The molecular formula is C27H28N4O3. The number of rotatable bonds is 9. The molecule has 0 unspecified atom stereocenters. The van der Waals surface area contributed by atoms with Crippen molar-refractivity contribution in [1.82, 2.24) is 14.8 Å².